The number of hydrogen-bond donors (Lipinski definition) is 1. The zero-order valence-electron chi connectivity index (χ0n) is 12.0. The topological polar surface area (TPSA) is 29.3 Å². The molecule has 1 heterocycles. The number of halogens is 4. The molecule has 0 aromatic heterocycles. The van der Waals surface area contributed by atoms with E-state index in [0.717, 1.165) is 11.3 Å². The quantitative estimate of drug-likeness (QED) is 0.866. The lowest BCUT2D eigenvalue weighted by Gasteiger charge is -2.35. The van der Waals surface area contributed by atoms with Gasteiger partial charge in [0.05, 0.1) is 5.92 Å². The Bertz CT molecular complexity index is 477. The van der Waals surface area contributed by atoms with Gasteiger partial charge < -0.3 is 10.6 Å². The van der Waals surface area contributed by atoms with Gasteiger partial charge in [-0.1, -0.05) is 0 Å². The minimum Gasteiger partial charge on any atom is -0.371 e. The number of rotatable bonds is 3. The largest absolute Gasteiger partial charge is 0.391 e. The van der Waals surface area contributed by atoms with E-state index in [1.807, 2.05) is 11.8 Å². The fraction of sp³-hybridized carbons (Fsp3) is 0.600. The maximum atomic E-state index is 13.4. The first kappa shape index (κ1) is 16.1. The summed E-state index contributed by atoms with van der Waals surface area (Å²) in [6.45, 7) is 2.49. The zero-order chi connectivity index (χ0) is 15.6. The third kappa shape index (κ3) is 4.09. The van der Waals surface area contributed by atoms with Crippen LogP contribution in [0.5, 0.6) is 0 Å². The van der Waals surface area contributed by atoms with Crippen LogP contribution >= 0.6 is 0 Å². The Kier molecular flexibility index (Phi) is 4.76. The van der Waals surface area contributed by atoms with Crippen molar-refractivity contribution >= 4 is 5.69 Å². The Balaban J connectivity index is 2.13. The molecule has 0 saturated carbocycles. The lowest BCUT2D eigenvalue weighted by Crippen LogP contribution is -2.39. The number of alkyl halides is 3. The van der Waals surface area contributed by atoms with Crippen molar-refractivity contribution in [3.05, 3.63) is 29.6 Å². The molecule has 1 aliphatic rings. The molecule has 1 saturated heterocycles. The normalized spacial score (nSPS) is 18.9. The van der Waals surface area contributed by atoms with E-state index in [1.54, 1.807) is 6.07 Å². The predicted octanol–water partition coefficient (Wildman–Crippen LogP) is 3.49. The van der Waals surface area contributed by atoms with E-state index >= 15 is 0 Å². The summed E-state index contributed by atoms with van der Waals surface area (Å²) < 4.78 is 51.4. The van der Waals surface area contributed by atoms with Crippen molar-refractivity contribution in [3.8, 4) is 0 Å². The van der Waals surface area contributed by atoms with Crippen molar-refractivity contribution in [2.45, 2.75) is 38.4 Å². The summed E-state index contributed by atoms with van der Waals surface area (Å²) >= 11 is 0. The molecule has 6 heteroatoms. The average Bonchev–Trinajstić information content (AvgIpc) is 2.37. The minimum atomic E-state index is -4.12. The summed E-state index contributed by atoms with van der Waals surface area (Å²) in [6, 6.07) is 4.28. The second-order valence-corrected chi connectivity index (χ2v) is 5.76. The molecular weight excluding hydrogens is 284 g/mol. The van der Waals surface area contributed by atoms with Gasteiger partial charge in [-0.25, -0.2) is 4.39 Å². The molecule has 0 aliphatic carbocycles. The van der Waals surface area contributed by atoms with Crippen LogP contribution in [0.15, 0.2) is 18.2 Å². The fourth-order valence-electron chi connectivity index (χ4n) is 2.82. The number of piperidine rings is 1. The summed E-state index contributed by atoms with van der Waals surface area (Å²) in [4.78, 5) is 1.90. The Labute approximate surface area is 121 Å². The van der Waals surface area contributed by atoms with Crippen molar-refractivity contribution in [1.29, 1.82) is 0 Å². The summed E-state index contributed by atoms with van der Waals surface area (Å²) in [7, 11) is 0. The van der Waals surface area contributed by atoms with E-state index in [1.165, 1.54) is 12.1 Å². The molecule has 0 amide bonds. The van der Waals surface area contributed by atoms with Crippen molar-refractivity contribution < 1.29 is 17.6 Å². The molecule has 1 aliphatic heterocycles. The van der Waals surface area contributed by atoms with Gasteiger partial charge in [-0.05, 0) is 49.9 Å². The molecule has 1 aromatic rings. The lowest BCUT2D eigenvalue weighted by atomic mass is 9.94. The summed E-state index contributed by atoms with van der Waals surface area (Å²) in [5.41, 5.74) is 7.32. The highest BCUT2D eigenvalue weighted by atomic mass is 19.4. The van der Waals surface area contributed by atoms with Crippen LogP contribution in [0.3, 0.4) is 0 Å². The fourth-order valence-corrected chi connectivity index (χ4v) is 2.82. The second kappa shape index (κ2) is 6.22. The van der Waals surface area contributed by atoms with Gasteiger partial charge in [0.25, 0.3) is 0 Å². The highest BCUT2D eigenvalue weighted by Crippen LogP contribution is 2.36. The van der Waals surface area contributed by atoms with Crippen LogP contribution in [-0.2, 0) is 6.42 Å². The smallest absolute Gasteiger partial charge is 0.371 e. The Morgan fingerprint density at radius 3 is 2.43 bits per heavy atom. The standard InChI is InChI=1S/C15H20F4N2/c1-10(20)8-11-9-13(16)2-3-14(11)21-6-4-12(5-7-21)15(17,18)19/h2-3,9-10,12H,4-8,20H2,1H3. The first-order valence-electron chi connectivity index (χ1n) is 7.13. The summed E-state index contributed by atoms with van der Waals surface area (Å²) in [6.07, 6.45) is -3.45. The maximum absolute atomic E-state index is 13.4. The van der Waals surface area contributed by atoms with Gasteiger partial charge in [0.1, 0.15) is 5.82 Å². The van der Waals surface area contributed by atoms with Crippen LogP contribution < -0.4 is 10.6 Å². The van der Waals surface area contributed by atoms with Crippen molar-refractivity contribution in [3.63, 3.8) is 0 Å². The molecular formula is C15H20F4N2. The molecule has 1 aromatic carbocycles. The zero-order valence-corrected chi connectivity index (χ0v) is 12.0. The first-order valence-corrected chi connectivity index (χ1v) is 7.13. The van der Waals surface area contributed by atoms with Crippen LogP contribution in [0.2, 0.25) is 0 Å². The Morgan fingerprint density at radius 1 is 1.29 bits per heavy atom. The van der Waals surface area contributed by atoms with Gasteiger partial charge in [-0.15, -0.1) is 0 Å². The van der Waals surface area contributed by atoms with E-state index in [-0.39, 0.29) is 24.7 Å². The van der Waals surface area contributed by atoms with Crippen molar-refractivity contribution in [2.75, 3.05) is 18.0 Å². The monoisotopic (exact) mass is 304 g/mol. The average molecular weight is 304 g/mol. The van der Waals surface area contributed by atoms with Crippen molar-refractivity contribution in [2.24, 2.45) is 11.7 Å². The molecule has 2 N–H and O–H groups in total. The molecule has 0 spiro atoms. The number of hydrogen-bond acceptors (Lipinski definition) is 2. The van der Waals surface area contributed by atoms with Crippen LogP contribution in [0.25, 0.3) is 0 Å². The highest BCUT2D eigenvalue weighted by molar-refractivity contribution is 5.54. The number of benzene rings is 1. The number of nitrogens with zero attached hydrogens (tertiary/aromatic N) is 1. The SMILES string of the molecule is CC(N)Cc1cc(F)ccc1N1CCC(C(F)(F)F)CC1. The van der Waals surface area contributed by atoms with Crippen LogP contribution in [0, 0.1) is 11.7 Å². The maximum Gasteiger partial charge on any atom is 0.391 e. The van der Waals surface area contributed by atoms with Crippen LogP contribution in [0.1, 0.15) is 25.3 Å². The van der Waals surface area contributed by atoms with Gasteiger partial charge >= 0.3 is 6.18 Å². The third-order valence-corrected chi connectivity index (χ3v) is 3.88. The van der Waals surface area contributed by atoms with Gasteiger partial charge in [0.2, 0.25) is 0 Å². The van der Waals surface area contributed by atoms with Gasteiger partial charge in [0.15, 0.2) is 0 Å². The highest BCUT2D eigenvalue weighted by Gasteiger charge is 2.41. The molecule has 1 unspecified atom stereocenters. The minimum absolute atomic E-state index is 0.0818. The van der Waals surface area contributed by atoms with Crippen LogP contribution in [0.4, 0.5) is 23.2 Å². The number of nitrogens with two attached hydrogens (primary N) is 1. The predicted molar refractivity (Wildman–Crippen MR) is 74.7 cm³/mol. The Hall–Kier alpha value is -1.30. The third-order valence-electron chi connectivity index (χ3n) is 3.88. The molecule has 1 fully saturated rings. The molecule has 0 radical (unpaired) electrons. The van der Waals surface area contributed by atoms with E-state index in [9.17, 15) is 17.6 Å². The second-order valence-electron chi connectivity index (χ2n) is 5.76. The molecule has 21 heavy (non-hydrogen) atoms. The number of anilines is 1. The van der Waals surface area contributed by atoms with Gasteiger partial charge in [0, 0.05) is 24.8 Å². The first-order chi connectivity index (χ1) is 9.77. The summed E-state index contributed by atoms with van der Waals surface area (Å²) in [5.74, 6) is -1.58. The summed E-state index contributed by atoms with van der Waals surface area (Å²) in [5, 5.41) is 0. The molecule has 2 nitrogen and oxygen atoms in total. The molecule has 2 rings (SSSR count). The van der Waals surface area contributed by atoms with Crippen molar-refractivity contribution in [1.82, 2.24) is 0 Å². The molecule has 118 valence electrons. The van der Waals surface area contributed by atoms with E-state index in [4.69, 9.17) is 5.73 Å². The van der Waals surface area contributed by atoms with Gasteiger partial charge in [-0.3, -0.25) is 0 Å². The van der Waals surface area contributed by atoms with E-state index < -0.39 is 12.1 Å². The van der Waals surface area contributed by atoms with E-state index in [0.29, 0.717) is 19.5 Å². The Morgan fingerprint density at radius 2 is 1.90 bits per heavy atom. The molecule has 1 atom stereocenters. The lowest BCUT2D eigenvalue weighted by molar-refractivity contribution is -0.179. The van der Waals surface area contributed by atoms with E-state index in [2.05, 4.69) is 0 Å². The van der Waals surface area contributed by atoms with Gasteiger partial charge in [-0.2, -0.15) is 13.2 Å². The van der Waals surface area contributed by atoms with Crippen LogP contribution in [-0.4, -0.2) is 25.3 Å². The molecule has 0 bridgehead atoms.